The maximum absolute atomic E-state index is 11.6. The van der Waals surface area contributed by atoms with Crippen molar-refractivity contribution in [2.45, 2.75) is 0 Å². The highest BCUT2D eigenvalue weighted by molar-refractivity contribution is 8.00. The number of rotatable bonds is 3. The predicted molar refractivity (Wildman–Crippen MR) is 64.7 cm³/mol. The van der Waals surface area contributed by atoms with Gasteiger partial charge in [-0.3, -0.25) is 14.4 Å². The van der Waals surface area contributed by atoms with E-state index >= 15 is 0 Å². The lowest BCUT2D eigenvalue weighted by Crippen LogP contribution is -2.35. The Labute approximate surface area is 101 Å². The Morgan fingerprint density at radius 3 is 3.00 bits per heavy atom. The third kappa shape index (κ3) is 2.88. The zero-order valence-electron chi connectivity index (χ0n) is 8.93. The molecule has 0 atom stereocenters. The van der Waals surface area contributed by atoms with Gasteiger partial charge in [-0.25, -0.2) is 0 Å². The number of aromatic nitrogens is 1. The molecule has 2 amide bonds. The smallest absolute Gasteiger partial charge is 0.244 e. The predicted octanol–water partition coefficient (Wildman–Crippen LogP) is -0.154. The number of pyridine rings is 1. The summed E-state index contributed by atoms with van der Waals surface area (Å²) in [6, 6.07) is 1.33. The quantitative estimate of drug-likeness (QED) is 0.784. The summed E-state index contributed by atoms with van der Waals surface area (Å²) in [5, 5.41) is 2.47. The van der Waals surface area contributed by atoms with Gasteiger partial charge in [0.25, 0.3) is 0 Å². The molecule has 0 unspecified atom stereocenters. The van der Waals surface area contributed by atoms with Gasteiger partial charge in [-0.2, -0.15) is 0 Å². The van der Waals surface area contributed by atoms with Gasteiger partial charge < -0.3 is 15.2 Å². The summed E-state index contributed by atoms with van der Waals surface area (Å²) in [6.45, 7) is -0.0137. The van der Waals surface area contributed by atoms with Crippen molar-refractivity contribution in [3.8, 4) is 0 Å². The zero-order valence-corrected chi connectivity index (χ0v) is 9.75. The number of aromatic amines is 1. The Bertz CT molecular complexity index is 500. The van der Waals surface area contributed by atoms with Crippen molar-refractivity contribution >= 4 is 29.3 Å². The lowest BCUT2D eigenvalue weighted by Gasteiger charge is -2.13. The van der Waals surface area contributed by atoms with Crippen LogP contribution in [0.2, 0.25) is 0 Å². The Morgan fingerprint density at radius 2 is 2.35 bits per heavy atom. The van der Waals surface area contributed by atoms with Gasteiger partial charge >= 0.3 is 0 Å². The van der Waals surface area contributed by atoms with Crippen LogP contribution in [-0.2, 0) is 9.59 Å². The molecule has 0 radical (unpaired) electrons. The number of nitrogens with one attached hydrogen (secondary N) is 2. The van der Waals surface area contributed by atoms with Crippen LogP contribution >= 0.6 is 11.8 Å². The highest BCUT2D eigenvalue weighted by Gasteiger charge is 2.22. The summed E-state index contributed by atoms with van der Waals surface area (Å²) in [7, 11) is 0. The van der Waals surface area contributed by atoms with E-state index in [0.717, 1.165) is 0 Å². The number of carbonyl (C=O) groups is 2. The van der Waals surface area contributed by atoms with E-state index in [0.29, 0.717) is 11.6 Å². The number of thioether (sulfide) groups is 1. The standard InChI is InChI=1S/C10H11N3O3S/c14-8-1-2-11-3-7(8)12-9(15)4-13-6-17-5-10(13)16/h1-3H,4-6H2,(H,11,14)(H,12,15). The summed E-state index contributed by atoms with van der Waals surface area (Å²) in [6.07, 6.45) is 2.90. The van der Waals surface area contributed by atoms with Gasteiger partial charge in [0.15, 0.2) is 0 Å². The SMILES string of the molecule is O=C(CN1CSCC1=O)Nc1c[nH]ccc1=O. The Balaban J connectivity index is 1.96. The number of anilines is 1. The van der Waals surface area contributed by atoms with E-state index in [9.17, 15) is 14.4 Å². The van der Waals surface area contributed by atoms with Crippen LogP contribution in [0.1, 0.15) is 0 Å². The Hall–Kier alpha value is -1.76. The number of hydrogen-bond donors (Lipinski definition) is 2. The topological polar surface area (TPSA) is 82.3 Å². The van der Waals surface area contributed by atoms with Gasteiger partial charge in [0.1, 0.15) is 12.2 Å². The van der Waals surface area contributed by atoms with Crippen molar-refractivity contribution in [1.82, 2.24) is 9.88 Å². The number of nitrogens with zero attached hydrogens (tertiary/aromatic N) is 1. The van der Waals surface area contributed by atoms with Crippen molar-refractivity contribution in [1.29, 1.82) is 0 Å². The van der Waals surface area contributed by atoms with Gasteiger partial charge in [-0.05, 0) is 0 Å². The number of H-pyrrole nitrogens is 1. The first kappa shape index (κ1) is 11.7. The van der Waals surface area contributed by atoms with Crippen molar-refractivity contribution < 1.29 is 9.59 Å². The molecule has 90 valence electrons. The molecule has 1 aliphatic rings. The minimum Gasteiger partial charge on any atom is -0.366 e. The molecule has 2 heterocycles. The second-order valence-electron chi connectivity index (χ2n) is 3.54. The molecule has 1 fully saturated rings. The normalized spacial score (nSPS) is 15.1. The Morgan fingerprint density at radius 1 is 1.53 bits per heavy atom. The van der Waals surface area contributed by atoms with Crippen molar-refractivity contribution in [3.63, 3.8) is 0 Å². The molecule has 17 heavy (non-hydrogen) atoms. The second-order valence-corrected chi connectivity index (χ2v) is 4.49. The van der Waals surface area contributed by atoms with Crippen LogP contribution in [-0.4, -0.2) is 39.9 Å². The number of hydrogen-bond acceptors (Lipinski definition) is 4. The monoisotopic (exact) mass is 253 g/mol. The van der Waals surface area contributed by atoms with Gasteiger partial charge in [-0.1, -0.05) is 0 Å². The van der Waals surface area contributed by atoms with Crippen molar-refractivity contribution in [2.75, 3.05) is 23.5 Å². The van der Waals surface area contributed by atoms with Crippen LogP contribution in [0, 0.1) is 0 Å². The van der Waals surface area contributed by atoms with Gasteiger partial charge in [0.2, 0.25) is 17.2 Å². The third-order valence-corrected chi connectivity index (χ3v) is 3.20. The molecule has 2 rings (SSSR count). The molecule has 6 nitrogen and oxygen atoms in total. The zero-order chi connectivity index (χ0) is 12.3. The van der Waals surface area contributed by atoms with Gasteiger partial charge in [0, 0.05) is 18.5 Å². The summed E-state index contributed by atoms with van der Waals surface area (Å²) in [4.78, 5) is 38.4. The van der Waals surface area contributed by atoms with E-state index in [1.54, 1.807) is 0 Å². The number of carbonyl (C=O) groups excluding carboxylic acids is 2. The fourth-order valence-electron chi connectivity index (χ4n) is 1.42. The molecular formula is C10H11N3O3S. The van der Waals surface area contributed by atoms with E-state index < -0.39 is 0 Å². The first-order chi connectivity index (χ1) is 8.16. The third-order valence-electron chi connectivity index (χ3n) is 2.26. The van der Waals surface area contributed by atoms with E-state index in [2.05, 4.69) is 10.3 Å². The molecule has 0 spiro atoms. The van der Waals surface area contributed by atoms with Crippen LogP contribution in [0.4, 0.5) is 5.69 Å². The van der Waals surface area contributed by atoms with E-state index in [1.165, 1.54) is 35.1 Å². The van der Waals surface area contributed by atoms with Crippen LogP contribution in [0.25, 0.3) is 0 Å². The van der Waals surface area contributed by atoms with Crippen LogP contribution in [0.15, 0.2) is 23.3 Å². The minimum absolute atomic E-state index is 0.0137. The van der Waals surface area contributed by atoms with Crippen LogP contribution < -0.4 is 10.7 Å². The first-order valence-electron chi connectivity index (χ1n) is 4.99. The summed E-state index contributed by atoms with van der Waals surface area (Å²) in [5.74, 6) is 0.529. The molecule has 0 aliphatic carbocycles. The number of amides is 2. The van der Waals surface area contributed by atoms with Gasteiger partial charge in [0.05, 0.1) is 11.6 Å². The van der Waals surface area contributed by atoms with Crippen molar-refractivity contribution in [2.24, 2.45) is 0 Å². The molecule has 0 saturated carbocycles. The maximum atomic E-state index is 11.6. The average Bonchev–Trinajstić information content (AvgIpc) is 2.68. The largest absolute Gasteiger partial charge is 0.366 e. The fraction of sp³-hybridized carbons (Fsp3) is 0.300. The molecular weight excluding hydrogens is 242 g/mol. The molecule has 1 saturated heterocycles. The summed E-state index contributed by atoms with van der Waals surface area (Å²) < 4.78 is 0. The minimum atomic E-state index is -0.363. The Kier molecular flexibility index (Phi) is 3.48. The molecule has 2 N–H and O–H groups in total. The molecule has 1 aromatic rings. The average molecular weight is 253 g/mol. The highest BCUT2D eigenvalue weighted by Crippen LogP contribution is 2.14. The van der Waals surface area contributed by atoms with Gasteiger partial charge in [-0.15, -0.1) is 11.8 Å². The van der Waals surface area contributed by atoms with E-state index in [4.69, 9.17) is 0 Å². The van der Waals surface area contributed by atoms with Crippen molar-refractivity contribution in [3.05, 3.63) is 28.7 Å². The summed E-state index contributed by atoms with van der Waals surface area (Å²) >= 11 is 1.47. The van der Waals surface area contributed by atoms with Crippen LogP contribution in [0.3, 0.4) is 0 Å². The fourth-order valence-corrected chi connectivity index (χ4v) is 2.32. The van der Waals surface area contributed by atoms with E-state index in [1.807, 2.05) is 0 Å². The first-order valence-corrected chi connectivity index (χ1v) is 6.15. The molecule has 0 aromatic carbocycles. The molecule has 0 bridgehead atoms. The highest BCUT2D eigenvalue weighted by atomic mass is 32.2. The summed E-state index contributed by atoms with van der Waals surface area (Å²) in [5.41, 5.74) is -0.0731. The van der Waals surface area contributed by atoms with Crippen LogP contribution in [0.5, 0.6) is 0 Å². The lowest BCUT2D eigenvalue weighted by atomic mass is 10.4. The molecule has 7 heteroatoms. The molecule has 1 aliphatic heterocycles. The second kappa shape index (κ2) is 5.05. The van der Waals surface area contributed by atoms with E-state index in [-0.39, 0.29) is 29.5 Å². The molecule has 1 aromatic heterocycles. The maximum Gasteiger partial charge on any atom is 0.244 e. The lowest BCUT2D eigenvalue weighted by molar-refractivity contribution is -0.130.